The highest BCUT2D eigenvalue weighted by atomic mass is 35.5. The van der Waals surface area contributed by atoms with Gasteiger partial charge in [0.05, 0.1) is 18.6 Å². The Hall–Kier alpha value is -2.88. The van der Waals surface area contributed by atoms with E-state index in [1.807, 2.05) is 0 Å². The maximum absolute atomic E-state index is 9.44. The minimum atomic E-state index is 0.107. The second-order valence-corrected chi connectivity index (χ2v) is 5.17. The van der Waals surface area contributed by atoms with Gasteiger partial charge in [-0.05, 0) is 35.9 Å². The molecule has 0 spiro atoms. The van der Waals surface area contributed by atoms with E-state index in [0.29, 0.717) is 28.2 Å². The van der Waals surface area contributed by atoms with Crippen LogP contribution < -0.4 is 9.47 Å². The molecule has 1 aromatic carbocycles. The molecule has 0 aliphatic carbocycles. The summed E-state index contributed by atoms with van der Waals surface area (Å²) in [5.41, 5.74) is 0.224. The van der Waals surface area contributed by atoms with Crippen molar-refractivity contribution < 1.29 is 9.47 Å². The highest BCUT2D eigenvalue weighted by Crippen LogP contribution is 2.33. The molecule has 0 aliphatic heterocycles. The zero-order valence-electron chi connectivity index (χ0n) is 12.0. The van der Waals surface area contributed by atoms with E-state index in [0.717, 1.165) is 0 Å². The monoisotopic (exact) mass is 358 g/mol. The van der Waals surface area contributed by atoms with Crippen LogP contribution in [0.3, 0.4) is 0 Å². The van der Waals surface area contributed by atoms with Crippen LogP contribution in [0.1, 0.15) is 5.56 Å². The van der Waals surface area contributed by atoms with Crippen molar-refractivity contribution in [3.63, 3.8) is 0 Å². The fourth-order valence-corrected chi connectivity index (χ4v) is 2.03. The Kier molecular flexibility index (Phi) is 4.75. The molecule has 0 saturated heterocycles. The van der Waals surface area contributed by atoms with Gasteiger partial charge in [0.15, 0.2) is 5.75 Å². The summed E-state index contributed by atoms with van der Waals surface area (Å²) in [6, 6.07) is 10.3. The van der Waals surface area contributed by atoms with Gasteiger partial charge in [0.1, 0.15) is 34.0 Å². The molecule has 3 aromatic rings. The molecule has 8 heteroatoms. The predicted octanol–water partition coefficient (Wildman–Crippen LogP) is 4.63. The zero-order valence-corrected chi connectivity index (χ0v) is 13.5. The number of benzene rings is 1. The standard InChI is InChI=1S/C16H8Cl2N4O2/c17-15-5-4-10(7-20-15)23-13-2-1-3-14(12(13)6-19)24-11-8-21-16(18)22-9-11/h1-5,7-9H. The smallest absolute Gasteiger partial charge is 0.222 e. The lowest BCUT2D eigenvalue weighted by molar-refractivity contribution is 0.454. The van der Waals surface area contributed by atoms with Crippen LogP contribution in [-0.4, -0.2) is 15.0 Å². The molecule has 118 valence electrons. The first-order valence-electron chi connectivity index (χ1n) is 6.63. The Labute approximate surface area is 147 Å². The number of pyridine rings is 1. The quantitative estimate of drug-likeness (QED) is 0.499. The molecule has 0 unspecified atom stereocenters. The lowest BCUT2D eigenvalue weighted by Crippen LogP contribution is -1.94. The van der Waals surface area contributed by atoms with Crippen LogP contribution in [0.15, 0.2) is 48.9 Å². The van der Waals surface area contributed by atoms with E-state index in [-0.39, 0.29) is 10.8 Å². The van der Waals surface area contributed by atoms with E-state index in [1.54, 1.807) is 30.3 Å². The third-order valence-corrected chi connectivity index (χ3v) is 3.27. The Morgan fingerprint density at radius 1 is 0.833 bits per heavy atom. The van der Waals surface area contributed by atoms with Crippen molar-refractivity contribution in [2.45, 2.75) is 0 Å². The summed E-state index contributed by atoms with van der Waals surface area (Å²) in [5, 5.41) is 9.90. The summed E-state index contributed by atoms with van der Waals surface area (Å²) in [5.74, 6) is 1.43. The normalized spacial score (nSPS) is 10.0. The predicted molar refractivity (Wildman–Crippen MR) is 87.6 cm³/mol. The third-order valence-electron chi connectivity index (χ3n) is 2.85. The largest absolute Gasteiger partial charge is 0.454 e. The van der Waals surface area contributed by atoms with Gasteiger partial charge < -0.3 is 9.47 Å². The molecule has 0 bridgehead atoms. The maximum atomic E-state index is 9.44. The first-order chi connectivity index (χ1) is 11.7. The van der Waals surface area contributed by atoms with E-state index >= 15 is 0 Å². The SMILES string of the molecule is N#Cc1c(Oc2ccc(Cl)nc2)cccc1Oc1cnc(Cl)nc1. The molecule has 6 nitrogen and oxygen atoms in total. The van der Waals surface area contributed by atoms with E-state index < -0.39 is 0 Å². The van der Waals surface area contributed by atoms with Crippen LogP contribution in [0.25, 0.3) is 0 Å². The molecule has 24 heavy (non-hydrogen) atoms. The Morgan fingerprint density at radius 3 is 2.04 bits per heavy atom. The van der Waals surface area contributed by atoms with Crippen molar-refractivity contribution in [2.24, 2.45) is 0 Å². The number of halogens is 2. The zero-order chi connectivity index (χ0) is 16.9. The van der Waals surface area contributed by atoms with Crippen molar-refractivity contribution in [3.05, 3.63) is 64.9 Å². The molecule has 2 aromatic heterocycles. The first-order valence-corrected chi connectivity index (χ1v) is 7.39. The van der Waals surface area contributed by atoms with E-state index in [4.69, 9.17) is 32.7 Å². The number of nitrogens with zero attached hydrogens (tertiary/aromatic N) is 4. The Bertz CT molecular complexity index is 828. The minimum absolute atomic E-state index is 0.107. The molecule has 3 rings (SSSR count). The molecule has 0 atom stereocenters. The van der Waals surface area contributed by atoms with Gasteiger partial charge in [-0.3, -0.25) is 0 Å². The molecule has 0 aliphatic rings. The van der Waals surface area contributed by atoms with E-state index in [1.165, 1.54) is 18.6 Å². The van der Waals surface area contributed by atoms with Crippen molar-refractivity contribution in [2.75, 3.05) is 0 Å². The van der Waals surface area contributed by atoms with Gasteiger partial charge in [-0.2, -0.15) is 5.26 Å². The minimum Gasteiger partial charge on any atom is -0.454 e. The summed E-state index contributed by atoms with van der Waals surface area (Å²) < 4.78 is 11.3. The van der Waals surface area contributed by atoms with Crippen molar-refractivity contribution in [1.29, 1.82) is 5.26 Å². The second kappa shape index (κ2) is 7.13. The maximum Gasteiger partial charge on any atom is 0.222 e. The van der Waals surface area contributed by atoms with Gasteiger partial charge >= 0.3 is 0 Å². The molecule has 0 amide bonds. The number of ether oxygens (including phenoxy) is 2. The van der Waals surface area contributed by atoms with Crippen molar-refractivity contribution in [3.8, 4) is 29.1 Å². The first kappa shape index (κ1) is 16.0. The van der Waals surface area contributed by atoms with Gasteiger partial charge in [-0.25, -0.2) is 15.0 Å². The van der Waals surface area contributed by atoms with Crippen molar-refractivity contribution in [1.82, 2.24) is 15.0 Å². The van der Waals surface area contributed by atoms with Gasteiger partial charge in [-0.15, -0.1) is 0 Å². The van der Waals surface area contributed by atoms with Crippen molar-refractivity contribution >= 4 is 23.2 Å². The van der Waals surface area contributed by atoms with Gasteiger partial charge in [0.2, 0.25) is 5.28 Å². The van der Waals surface area contributed by atoms with Gasteiger partial charge in [0.25, 0.3) is 0 Å². The van der Waals surface area contributed by atoms with Crippen LogP contribution in [0.5, 0.6) is 23.0 Å². The van der Waals surface area contributed by atoms with Crippen LogP contribution in [0, 0.1) is 11.3 Å². The van der Waals surface area contributed by atoms with E-state index in [9.17, 15) is 5.26 Å². The van der Waals surface area contributed by atoms with E-state index in [2.05, 4.69) is 21.0 Å². The summed E-state index contributed by atoms with van der Waals surface area (Å²) in [6.45, 7) is 0. The molecular weight excluding hydrogens is 351 g/mol. The topological polar surface area (TPSA) is 80.9 Å². The van der Waals surface area contributed by atoms with Gasteiger partial charge in [0, 0.05) is 0 Å². The summed E-state index contributed by atoms with van der Waals surface area (Å²) in [6.07, 6.45) is 4.28. The molecule has 0 N–H and O–H groups in total. The molecule has 2 heterocycles. The third kappa shape index (κ3) is 3.71. The molecule has 0 radical (unpaired) electrons. The Morgan fingerprint density at radius 2 is 1.46 bits per heavy atom. The lowest BCUT2D eigenvalue weighted by Gasteiger charge is -2.11. The van der Waals surface area contributed by atoms with Gasteiger partial charge in [-0.1, -0.05) is 17.7 Å². The number of hydrogen-bond acceptors (Lipinski definition) is 6. The highest BCUT2D eigenvalue weighted by Gasteiger charge is 2.13. The lowest BCUT2D eigenvalue weighted by atomic mass is 10.2. The summed E-state index contributed by atoms with van der Waals surface area (Å²) in [4.78, 5) is 11.6. The fourth-order valence-electron chi connectivity index (χ4n) is 1.82. The summed E-state index contributed by atoms with van der Waals surface area (Å²) >= 11 is 11.4. The van der Waals surface area contributed by atoms with Crippen LogP contribution in [0.4, 0.5) is 0 Å². The Balaban J connectivity index is 1.89. The number of hydrogen-bond donors (Lipinski definition) is 0. The molecular formula is C16H8Cl2N4O2. The summed E-state index contributed by atoms with van der Waals surface area (Å²) in [7, 11) is 0. The van der Waals surface area contributed by atoms with Crippen LogP contribution in [-0.2, 0) is 0 Å². The van der Waals surface area contributed by atoms with Crippen LogP contribution >= 0.6 is 23.2 Å². The fraction of sp³-hybridized carbons (Fsp3) is 0. The second-order valence-electron chi connectivity index (χ2n) is 4.45. The average Bonchev–Trinajstić information content (AvgIpc) is 2.59. The number of rotatable bonds is 4. The van der Waals surface area contributed by atoms with Crippen LogP contribution in [0.2, 0.25) is 10.4 Å². The average molecular weight is 359 g/mol. The highest BCUT2D eigenvalue weighted by molar-refractivity contribution is 6.29. The number of aromatic nitrogens is 3. The molecule has 0 fully saturated rings. The molecule has 0 saturated carbocycles. The number of nitriles is 1.